The van der Waals surface area contributed by atoms with Crippen molar-refractivity contribution in [1.29, 1.82) is 0 Å². The molecule has 0 saturated heterocycles. The molecule has 0 aromatic rings. The summed E-state index contributed by atoms with van der Waals surface area (Å²) in [5.74, 6) is 0. The topological polar surface area (TPSA) is 741 Å². The van der Waals surface area contributed by atoms with Gasteiger partial charge in [0, 0.05) is 104 Å². The van der Waals surface area contributed by atoms with E-state index in [1.54, 1.807) is 0 Å². The molecule has 0 saturated carbocycles. The van der Waals surface area contributed by atoms with Crippen LogP contribution in [-0.4, -0.2) is 106 Å². The fourth-order valence-electron chi connectivity index (χ4n) is 0. The molecule has 30 nitrogen and oxygen atoms in total. The molecule has 42 heavy (non-hydrogen) atoms. The smallest absolute Gasteiger partial charge is 0.131 e. The van der Waals surface area contributed by atoms with Crippen LogP contribution in [0.1, 0.15) is 13.8 Å². The van der Waals surface area contributed by atoms with Gasteiger partial charge in [0.05, 0.1) is 0 Å². The van der Waals surface area contributed by atoms with Crippen LogP contribution in [-0.2, 0) is 85.4 Å². The van der Waals surface area contributed by atoms with E-state index >= 15 is 0 Å². The van der Waals surface area contributed by atoms with Crippen LogP contribution >= 0.6 is 0 Å². The predicted octanol–water partition coefficient (Wildman–Crippen LogP) is -15.4. The van der Waals surface area contributed by atoms with Crippen molar-refractivity contribution < 1.29 is 210 Å². The average Bonchev–Trinajstić information content (AvgIpc) is 2.31. The van der Waals surface area contributed by atoms with E-state index in [1.165, 1.54) is 0 Å². The molecule has 280 valence electrons. The summed E-state index contributed by atoms with van der Waals surface area (Å²) < 4.78 is 136. The first-order valence-electron chi connectivity index (χ1n) is 6.45. The minimum atomic E-state index is -5.17. The third kappa shape index (κ3) is 2600. The maximum atomic E-state index is 8.52. The van der Waals surface area contributed by atoms with E-state index in [9.17, 15) is 0 Å². The number of rotatable bonds is 2. The number of quaternary nitrogens is 4. The maximum absolute atomic E-state index is 8.52. The molecule has 28 N–H and O–H groups in total. The molecule has 2 atom stereocenters. The van der Waals surface area contributed by atoms with E-state index < -0.39 is 41.6 Å². The fraction of sp³-hybridized carbons (Fsp3) is 1.00. The standard InChI is InChI=1S/2C3H10N2.4H2O4S.6H2O.4O.2U/c2*1-3(5)2-4;4*1-5(2,3)4;;;;;;;;;;;;/h2*3H,2,4-5H2,1H3;4*(H2,1,2,3,4);6*1H2;;;;;;/q;;;;;;;;;;;;4*-2;;/t2*3-;;;;;;;;;;;;;;;;/m10................/s1. The second-order valence-electron chi connectivity index (χ2n) is 4.42. The van der Waals surface area contributed by atoms with Crippen molar-refractivity contribution in [3.63, 3.8) is 0 Å². The van der Waals surface area contributed by atoms with E-state index in [2.05, 4.69) is 22.9 Å². The van der Waals surface area contributed by atoms with Gasteiger partial charge in [-0.2, -0.15) is 0 Å². The Hall–Kier alpha value is 1.02. The number of hydrogen-bond acceptors (Lipinski definition) is 16. The fourth-order valence-corrected chi connectivity index (χ4v) is 0. The van der Waals surface area contributed by atoms with Crippen molar-refractivity contribution in [2.75, 3.05) is 13.1 Å². The monoisotopic (exact) mass is 1190 g/mol. The first kappa shape index (κ1) is 121. The minimum absolute atomic E-state index is 0. The van der Waals surface area contributed by atoms with Crippen LogP contribution in [0.25, 0.3) is 0 Å². The van der Waals surface area contributed by atoms with E-state index in [1.807, 2.05) is 13.8 Å². The van der Waals surface area contributed by atoms with Gasteiger partial charge in [0.1, 0.15) is 25.2 Å². The molecule has 0 aliphatic heterocycles. The summed E-state index contributed by atoms with van der Waals surface area (Å²) in [7, 11) is -20.7. The first-order valence-corrected chi connectivity index (χ1v) is 11.8. The zero-order valence-corrected chi connectivity index (χ0v) is 33.1. The summed E-state index contributed by atoms with van der Waals surface area (Å²) in [5.41, 5.74) is 14.6. The molecular formula is C6H40N4O26S4U2-8. The molecule has 0 aliphatic rings. The zero-order chi connectivity index (χ0) is 26.6. The minimum Gasteiger partial charge on any atom is -2.00 e. The van der Waals surface area contributed by atoms with Crippen molar-refractivity contribution in [3.8, 4) is 0 Å². The Kier molecular flexibility index (Phi) is 187. The van der Waals surface area contributed by atoms with Crippen LogP contribution in [0.3, 0.4) is 0 Å². The van der Waals surface area contributed by atoms with Crippen molar-refractivity contribution >= 4 is 41.6 Å². The summed E-state index contributed by atoms with van der Waals surface area (Å²) in [5, 5.41) is 0. The van der Waals surface area contributed by atoms with E-state index in [4.69, 9.17) is 70.1 Å². The van der Waals surface area contributed by atoms with Gasteiger partial charge < -0.3 is 114 Å². The van der Waals surface area contributed by atoms with Crippen molar-refractivity contribution in [2.45, 2.75) is 25.9 Å². The van der Waals surface area contributed by atoms with E-state index in [0.717, 1.165) is 13.1 Å². The third-order valence-electron chi connectivity index (χ3n) is 0.986. The van der Waals surface area contributed by atoms with Crippen LogP contribution in [0.4, 0.5) is 0 Å². The summed E-state index contributed by atoms with van der Waals surface area (Å²) >= 11 is 0. The molecule has 0 bridgehead atoms. The first-order chi connectivity index (χ1) is 12.5. The van der Waals surface area contributed by atoms with Gasteiger partial charge in [-0.3, -0.25) is 33.7 Å². The van der Waals surface area contributed by atoms with Crippen LogP contribution in [0, 0.1) is 62.2 Å². The molecule has 0 unspecified atom stereocenters. The molecule has 0 aromatic carbocycles. The average molecular weight is 1190 g/mol. The number of hydrogen-bond donors (Lipinski definition) is 4. The second kappa shape index (κ2) is 64.9. The zero-order valence-electron chi connectivity index (χ0n) is 21.5. The van der Waals surface area contributed by atoms with Crippen LogP contribution < -0.4 is 22.9 Å². The SMILES string of the molecule is C[C@@H]([NH3+])C[NH3+].C[C@H]([NH3+])C[NH3+].O.O.O=S(=O)([O-])[O-].O=S(=O)([O-])[O-].O=S(=O)([O-])[O-].O=S(=O)([O-])[O-].[O-2].[O-2].[O-2].[O-2].[OH3+].[OH3+].[OH3+].[OH3+].[U].[U]. The molecule has 0 fully saturated rings. The van der Waals surface area contributed by atoms with Gasteiger partial charge in [0.2, 0.25) is 0 Å². The van der Waals surface area contributed by atoms with Gasteiger partial charge in [-0.15, -0.1) is 0 Å². The molecule has 0 amide bonds. The van der Waals surface area contributed by atoms with Gasteiger partial charge in [-0.1, -0.05) is 0 Å². The quantitative estimate of drug-likeness (QED) is 0.113. The molecule has 0 heterocycles. The van der Waals surface area contributed by atoms with Gasteiger partial charge in [-0.05, 0) is 13.8 Å². The van der Waals surface area contributed by atoms with Crippen LogP contribution in [0.2, 0.25) is 0 Å². The van der Waals surface area contributed by atoms with E-state index in [-0.39, 0.29) is 117 Å². The van der Waals surface area contributed by atoms with Crippen molar-refractivity contribution in [2.24, 2.45) is 0 Å². The molecule has 0 rings (SSSR count). The van der Waals surface area contributed by atoms with Crippen LogP contribution in [0.5, 0.6) is 0 Å². The Morgan fingerprint density at radius 1 is 0.452 bits per heavy atom. The molecule has 0 radical (unpaired) electrons. The maximum Gasteiger partial charge on any atom is 0.131 e. The van der Waals surface area contributed by atoms with Gasteiger partial charge >= 0.3 is 0 Å². The van der Waals surface area contributed by atoms with E-state index in [0.29, 0.717) is 12.1 Å². The Morgan fingerprint density at radius 2 is 0.476 bits per heavy atom. The summed E-state index contributed by atoms with van der Waals surface area (Å²) in [6.45, 7) is 5.99. The molecular weight excluding hydrogens is 1150 g/mol. The summed E-state index contributed by atoms with van der Waals surface area (Å²) in [6, 6.07) is 1.05. The van der Waals surface area contributed by atoms with Crippen molar-refractivity contribution in [3.05, 3.63) is 0 Å². The Labute approximate surface area is 288 Å². The normalized spacial score (nSPS) is 9.10. The largest absolute Gasteiger partial charge is 2.00 e. The van der Waals surface area contributed by atoms with Gasteiger partial charge in [-0.25, -0.2) is 0 Å². The predicted molar refractivity (Wildman–Crippen MR) is 112 cm³/mol. The summed E-state index contributed by atoms with van der Waals surface area (Å²) in [6.07, 6.45) is 0. The van der Waals surface area contributed by atoms with Gasteiger partial charge in [0.25, 0.3) is 0 Å². The molecule has 0 aliphatic carbocycles. The third-order valence-corrected chi connectivity index (χ3v) is 0.986. The Balaban J connectivity index is -0.00000000973. The summed E-state index contributed by atoms with van der Waals surface area (Å²) in [4.78, 5) is 0. The molecule has 36 heteroatoms. The Bertz CT molecular complexity index is 631. The molecule has 0 spiro atoms. The Morgan fingerprint density at radius 3 is 0.476 bits per heavy atom. The van der Waals surface area contributed by atoms with Gasteiger partial charge in [0.15, 0.2) is 0 Å². The van der Waals surface area contributed by atoms with Crippen molar-refractivity contribution in [1.82, 2.24) is 0 Å². The molecule has 0 aromatic heterocycles. The van der Waals surface area contributed by atoms with Crippen LogP contribution in [0.15, 0.2) is 0 Å². The second-order valence-corrected chi connectivity index (χ2v) is 7.69.